The summed E-state index contributed by atoms with van der Waals surface area (Å²) in [5.74, 6) is 5.09. The van der Waals surface area contributed by atoms with E-state index in [2.05, 4.69) is 0 Å². The van der Waals surface area contributed by atoms with E-state index in [1.165, 1.54) is 12.1 Å². The molecule has 90 valence electrons. The van der Waals surface area contributed by atoms with E-state index in [0.717, 1.165) is 5.56 Å². The van der Waals surface area contributed by atoms with E-state index in [9.17, 15) is 13.2 Å². The van der Waals surface area contributed by atoms with Gasteiger partial charge in [0, 0.05) is 4.90 Å². The monoisotopic (exact) mass is 251 g/mol. The smallest absolute Gasteiger partial charge is 0.294 e. The van der Waals surface area contributed by atoms with Crippen molar-refractivity contribution in [3.05, 3.63) is 29.8 Å². The maximum absolute atomic E-state index is 12.1. The lowest BCUT2D eigenvalue weighted by Gasteiger charge is -2.22. The summed E-state index contributed by atoms with van der Waals surface area (Å²) in [5, 5.41) is 0. The summed E-state index contributed by atoms with van der Waals surface area (Å²) in [5.41, 5.74) is -4.25. The summed E-state index contributed by atoms with van der Waals surface area (Å²) in [7, 11) is 0. The fourth-order valence-corrected chi connectivity index (χ4v) is 1.67. The maximum atomic E-state index is 12.1. The van der Waals surface area contributed by atoms with Crippen molar-refractivity contribution < 1.29 is 18.0 Å². The van der Waals surface area contributed by atoms with Crippen LogP contribution in [0.5, 0.6) is 0 Å². The topological polar surface area (TPSA) is 35.2 Å². The second kappa shape index (κ2) is 4.65. The molecule has 0 amide bonds. The van der Waals surface area contributed by atoms with Crippen LogP contribution in [0.3, 0.4) is 0 Å². The van der Waals surface area contributed by atoms with Crippen LogP contribution in [-0.2, 0) is 10.4 Å². The van der Waals surface area contributed by atoms with Crippen LogP contribution in [0.25, 0.3) is 0 Å². The normalized spacial score (nSPS) is 12.9. The Kier molecular flexibility index (Phi) is 3.88. The molecule has 0 atom stereocenters. The van der Waals surface area contributed by atoms with Crippen LogP contribution in [-0.4, -0.2) is 5.51 Å². The molecule has 16 heavy (non-hydrogen) atoms. The third-order valence-corrected chi connectivity index (χ3v) is 2.82. The quantitative estimate of drug-likeness (QED) is 0.660. The van der Waals surface area contributed by atoms with Crippen LogP contribution >= 0.6 is 11.8 Å². The van der Waals surface area contributed by atoms with Crippen LogP contribution < -0.4 is 5.90 Å². The van der Waals surface area contributed by atoms with E-state index in [4.69, 9.17) is 10.7 Å². The van der Waals surface area contributed by atoms with Gasteiger partial charge in [0.1, 0.15) is 5.60 Å². The molecule has 0 fully saturated rings. The standard InChI is InChI=1S/C10H12F3NOS/c1-9(2,15-14)7-3-5-8(6-4-7)16-10(11,12)13/h3-6H,14H2,1-2H3. The molecule has 0 aliphatic rings. The molecule has 2 N–H and O–H groups in total. The minimum Gasteiger partial charge on any atom is -0.294 e. The van der Waals surface area contributed by atoms with Crippen molar-refractivity contribution >= 4 is 11.8 Å². The van der Waals surface area contributed by atoms with Crippen LogP contribution in [0.15, 0.2) is 29.2 Å². The van der Waals surface area contributed by atoms with Crippen molar-refractivity contribution in [2.45, 2.75) is 29.9 Å². The van der Waals surface area contributed by atoms with Crippen molar-refractivity contribution in [1.82, 2.24) is 0 Å². The Bertz CT molecular complexity index is 348. The van der Waals surface area contributed by atoms with Gasteiger partial charge in [-0.05, 0) is 43.3 Å². The Morgan fingerprint density at radius 3 is 2.00 bits per heavy atom. The van der Waals surface area contributed by atoms with Gasteiger partial charge in [0.05, 0.1) is 0 Å². The summed E-state index contributed by atoms with van der Waals surface area (Å²) in [6.45, 7) is 3.47. The largest absolute Gasteiger partial charge is 0.446 e. The van der Waals surface area contributed by atoms with E-state index in [1.807, 2.05) is 0 Å². The van der Waals surface area contributed by atoms with Gasteiger partial charge in [-0.25, -0.2) is 5.90 Å². The fourth-order valence-electron chi connectivity index (χ4n) is 1.13. The van der Waals surface area contributed by atoms with E-state index < -0.39 is 11.1 Å². The molecule has 2 nitrogen and oxygen atoms in total. The average Bonchev–Trinajstić information content (AvgIpc) is 2.16. The van der Waals surface area contributed by atoms with E-state index in [0.29, 0.717) is 0 Å². The molecule has 0 saturated carbocycles. The Morgan fingerprint density at radius 2 is 1.62 bits per heavy atom. The Labute approximate surface area is 95.9 Å². The van der Waals surface area contributed by atoms with Crippen LogP contribution in [0.4, 0.5) is 13.2 Å². The lowest BCUT2D eigenvalue weighted by molar-refractivity contribution is -0.0328. The lowest BCUT2D eigenvalue weighted by atomic mass is 9.99. The first-order valence-electron chi connectivity index (χ1n) is 4.49. The van der Waals surface area contributed by atoms with Gasteiger partial charge < -0.3 is 0 Å². The Balaban J connectivity index is 2.84. The van der Waals surface area contributed by atoms with Crippen LogP contribution in [0.1, 0.15) is 19.4 Å². The number of benzene rings is 1. The first kappa shape index (κ1) is 13.3. The van der Waals surface area contributed by atoms with Crippen molar-refractivity contribution in [3.8, 4) is 0 Å². The zero-order valence-corrected chi connectivity index (χ0v) is 9.65. The number of hydrogen-bond acceptors (Lipinski definition) is 3. The number of alkyl halides is 3. The highest BCUT2D eigenvalue weighted by molar-refractivity contribution is 8.00. The molecular weight excluding hydrogens is 239 g/mol. The lowest BCUT2D eigenvalue weighted by Crippen LogP contribution is -2.25. The van der Waals surface area contributed by atoms with E-state index in [1.54, 1.807) is 26.0 Å². The minimum absolute atomic E-state index is 0.143. The summed E-state index contributed by atoms with van der Waals surface area (Å²) < 4.78 is 36.2. The fraction of sp³-hybridized carbons (Fsp3) is 0.400. The number of rotatable bonds is 3. The molecule has 0 aliphatic carbocycles. The van der Waals surface area contributed by atoms with Gasteiger partial charge in [-0.3, -0.25) is 4.84 Å². The highest BCUT2D eigenvalue weighted by atomic mass is 32.2. The average molecular weight is 251 g/mol. The zero-order valence-electron chi connectivity index (χ0n) is 8.84. The van der Waals surface area contributed by atoms with Gasteiger partial charge in [-0.15, -0.1) is 0 Å². The van der Waals surface area contributed by atoms with Crippen molar-refractivity contribution in [2.75, 3.05) is 0 Å². The molecule has 0 saturated heterocycles. The van der Waals surface area contributed by atoms with Gasteiger partial charge in [0.25, 0.3) is 0 Å². The zero-order chi connectivity index (χ0) is 12.4. The number of hydrogen-bond donors (Lipinski definition) is 1. The molecule has 0 aromatic heterocycles. The molecule has 1 rings (SSSR count). The number of nitrogens with two attached hydrogens (primary N) is 1. The second-order valence-electron chi connectivity index (χ2n) is 3.70. The first-order chi connectivity index (χ1) is 7.24. The number of thioether (sulfide) groups is 1. The molecule has 0 unspecified atom stereocenters. The second-order valence-corrected chi connectivity index (χ2v) is 4.84. The minimum atomic E-state index is -4.26. The molecule has 1 aromatic carbocycles. The third kappa shape index (κ3) is 3.70. The molecule has 1 aromatic rings. The highest BCUT2D eigenvalue weighted by Gasteiger charge is 2.29. The molecule has 0 aliphatic heterocycles. The van der Waals surface area contributed by atoms with Gasteiger partial charge in [-0.1, -0.05) is 12.1 Å². The molecule has 0 spiro atoms. The summed E-state index contributed by atoms with van der Waals surface area (Å²) >= 11 is -0.144. The summed E-state index contributed by atoms with van der Waals surface area (Å²) in [6, 6.07) is 5.93. The third-order valence-electron chi connectivity index (χ3n) is 2.08. The maximum Gasteiger partial charge on any atom is 0.446 e. The van der Waals surface area contributed by atoms with Crippen molar-refractivity contribution in [3.63, 3.8) is 0 Å². The number of halogens is 3. The summed E-state index contributed by atoms with van der Waals surface area (Å²) in [4.78, 5) is 4.88. The SMILES string of the molecule is CC(C)(ON)c1ccc(SC(F)(F)F)cc1. The predicted molar refractivity (Wildman–Crippen MR) is 56.7 cm³/mol. The Hall–Kier alpha value is -0.720. The predicted octanol–water partition coefficient (Wildman–Crippen LogP) is 3.42. The molecular formula is C10H12F3NOS. The van der Waals surface area contributed by atoms with Gasteiger partial charge in [0.2, 0.25) is 0 Å². The highest BCUT2D eigenvalue weighted by Crippen LogP contribution is 2.37. The van der Waals surface area contributed by atoms with Gasteiger partial charge in [-0.2, -0.15) is 13.2 Å². The van der Waals surface area contributed by atoms with Crippen molar-refractivity contribution in [1.29, 1.82) is 0 Å². The van der Waals surface area contributed by atoms with E-state index in [-0.39, 0.29) is 16.7 Å². The van der Waals surface area contributed by atoms with Crippen LogP contribution in [0, 0.1) is 0 Å². The van der Waals surface area contributed by atoms with Crippen LogP contribution in [0.2, 0.25) is 0 Å². The summed E-state index contributed by atoms with van der Waals surface area (Å²) in [6.07, 6.45) is 0. The molecule has 0 bridgehead atoms. The Morgan fingerprint density at radius 1 is 1.12 bits per heavy atom. The van der Waals surface area contributed by atoms with Gasteiger partial charge in [0.15, 0.2) is 0 Å². The van der Waals surface area contributed by atoms with E-state index >= 15 is 0 Å². The first-order valence-corrected chi connectivity index (χ1v) is 5.30. The van der Waals surface area contributed by atoms with Crippen molar-refractivity contribution in [2.24, 2.45) is 5.90 Å². The van der Waals surface area contributed by atoms with Gasteiger partial charge >= 0.3 is 5.51 Å². The molecule has 6 heteroatoms. The molecule has 0 radical (unpaired) electrons. The molecule has 0 heterocycles.